The predicted molar refractivity (Wildman–Crippen MR) is 95.4 cm³/mol. The molecule has 9 nitrogen and oxygen atoms in total. The van der Waals surface area contributed by atoms with Crippen LogP contribution in [0.5, 0.6) is 0 Å². The molecule has 0 radical (unpaired) electrons. The second-order valence-corrected chi connectivity index (χ2v) is 6.27. The molecule has 2 aromatic rings. The quantitative estimate of drug-likeness (QED) is 0.393. The van der Waals surface area contributed by atoms with Gasteiger partial charge in [-0.25, -0.2) is 15.6 Å². The number of alkyl carbamates (subject to hydrolysis) is 1. The number of nitrogen functional groups attached to an aromatic ring is 1. The molecule has 1 atom stereocenters. The number of hydrogen-bond acceptors (Lipinski definition) is 8. The Hall–Kier alpha value is -2.72. The summed E-state index contributed by atoms with van der Waals surface area (Å²) in [5.74, 6) is 6.36. The summed E-state index contributed by atoms with van der Waals surface area (Å²) in [5, 5.41) is 4.05. The number of nitrogens with two attached hydrogens (primary N) is 2. The lowest BCUT2D eigenvalue weighted by Gasteiger charge is -2.20. The van der Waals surface area contributed by atoms with Crippen molar-refractivity contribution in [2.75, 3.05) is 23.6 Å². The molecule has 1 unspecified atom stereocenters. The number of aromatic nitrogens is 2. The van der Waals surface area contributed by atoms with Gasteiger partial charge in [0.25, 0.3) is 0 Å². The van der Waals surface area contributed by atoms with Gasteiger partial charge in [0.2, 0.25) is 5.16 Å². The third kappa shape index (κ3) is 4.88. The summed E-state index contributed by atoms with van der Waals surface area (Å²) < 4.78 is 16.4. The van der Waals surface area contributed by atoms with Crippen LogP contribution in [0.4, 0.5) is 22.0 Å². The maximum Gasteiger partial charge on any atom is 0.407 e. The molecular weight excluding hydrogens is 344 g/mol. The van der Waals surface area contributed by atoms with Crippen LogP contribution in [0.2, 0.25) is 0 Å². The number of carbonyl (C=O) groups is 1. The zero-order valence-electron chi connectivity index (χ0n) is 13.9. The van der Waals surface area contributed by atoms with Gasteiger partial charge in [0.05, 0.1) is 35.0 Å². The molecule has 0 aliphatic rings. The highest BCUT2D eigenvalue weighted by Crippen LogP contribution is 2.26. The van der Waals surface area contributed by atoms with Gasteiger partial charge in [-0.3, -0.25) is 9.22 Å². The first-order valence-corrected chi connectivity index (χ1v) is 8.98. The van der Waals surface area contributed by atoms with E-state index in [2.05, 4.69) is 15.3 Å². The van der Waals surface area contributed by atoms with Crippen molar-refractivity contribution < 1.29 is 13.7 Å². The maximum atomic E-state index is 11.6. The molecule has 1 heterocycles. The Bertz CT molecular complexity index is 786. The topological polar surface area (TPSA) is 136 Å². The van der Waals surface area contributed by atoms with E-state index in [0.717, 1.165) is 5.56 Å². The van der Waals surface area contributed by atoms with Crippen LogP contribution in [-0.2, 0) is 22.1 Å². The molecule has 1 aromatic heterocycles. The van der Waals surface area contributed by atoms with E-state index in [-0.39, 0.29) is 23.2 Å². The van der Waals surface area contributed by atoms with Gasteiger partial charge >= 0.3 is 6.09 Å². The molecule has 0 saturated carbocycles. The molecule has 0 saturated heterocycles. The molecule has 10 heteroatoms. The first-order valence-electron chi connectivity index (χ1n) is 7.42. The molecule has 5 N–H and O–H groups in total. The van der Waals surface area contributed by atoms with Crippen LogP contribution in [-0.4, -0.2) is 33.1 Å². The molecule has 0 fully saturated rings. The van der Waals surface area contributed by atoms with Gasteiger partial charge < -0.3 is 15.8 Å². The summed E-state index contributed by atoms with van der Waals surface area (Å²) in [6, 6.07) is 7.15. The summed E-state index contributed by atoms with van der Waals surface area (Å²) >= 11 is 0. The zero-order chi connectivity index (χ0) is 18.4. The summed E-state index contributed by atoms with van der Waals surface area (Å²) in [6.07, 6.45) is 2.34. The summed E-state index contributed by atoms with van der Waals surface area (Å²) in [7, 11) is -1.36. The van der Waals surface area contributed by atoms with E-state index in [1.54, 1.807) is 25.1 Å². The fourth-order valence-corrected chi connectivity index (χ4v) is 2.41. The van der Waals surface area contributed by atoms with E-state index in [0.29, 0.717) is 12.3 Å². The summed E-state index contributed by atoms with van der Waals surface area (Å²) in [6.45, 7) is 2.32. The average Bonchev–Trinajstić information content (AvgIpc) is 2.60. The van der Waals surface area contributed by atoms with E-state index >= 15 is 0 Å². The number of nitrogens with zero attached hydrogens (tertiary/aromatic N) is 3. The number of anilines is 3. The fourth-order valence-electron chi connectivity index (χ4n) is 1.99. The lowest BCUT2D eigenvalue weighted by Crippen LogP contribution is -2.28. The smallest absolute Gasteiger partial charge is 0.407 e. The molecular formula is C15H20N6O3S. The Balaban J connectivity index is 2.21. The lowest BCUT2D eigenvalue weighted by molar-refractivity contribution is 0.151. The van der Waals surface area contributed by atoms with E-state index in [1.165, 1.54) is 17.5 Å². The molecule has 0 bridgehead atoms. The number of hydrazine groups is 1. The van der Waals surface area contributed by atoms with E-state index in [9.17, 15) is 9.00 Å². The van der Waals surface area contributed by atoms with Crippen molar-refractivity contribution in [1.82, 2.24) is 15.3 Å². The molecule has 0 aliphatic heterocycles. The SMILES string of the molecule is CCOC(=O)NCc1cccc(N(N)c2nc(S(C)=O)ncc2N)c1. The molecule has 1 amide bonds. The Morgan fingerprint density at radius 2 is 2.20 bits per heavy atom. The number of hydrogen-bond donors (Lipinski definition) is 3. The van der Waals surface area contributed by atoms with Crippen LogP contribution in [0.1, 0.15) is 12.5 Å². The van der Waals surface area contributed by atoms with Crippen LogP contribution in [0.15, 0.2) is 35.6 Å². The predicted octanol–water partition coefficient (Wildman–Crippen LogP) is 1.05. The largest absolute Gasteiger partial charge is 0.450 e. The third-order valence-corrected chi connectivity index (χ3v) is 3.87. The Kier molecular flexibility index (Phi) is 6.25. The molecule has 0 aliphatic carbocycles. The average molecular weight is 364 g/mol. The van der Waals surface area contributed by atoms with Crippen LogP contribution in [0, 0.1) is 0 Å². The van der Waals surface area contributed by atoms with E-state index in [4.69, 9.17) is 16.3 Å². The van der Waals surface area contributed by atoms with Crippen molar-refractivity contribution in [3.63, 3.8) is 0 Å². The second-order valence-electron chi connectivity index (χ2n) is 5.00. The van der Waals surface area contributed by atoms with Gasteiger partial charge in [0.1, 0.15) is 0 Å². The normalized spacial score (nSPS) is 11.6. The highest BCUT2D eigenvalue weighted by Gasteiger charge is 2.14. The Labute approximate surface area is 147 Å². The molecule has 2 rings (SSSR count). The van der Waals surface area contributed by atoms with Crippen molar-refractivity contribution in [2.24, 2.45) is 5.84 Å². The number of amides is 1. The van der Waals surface area contributed by atoms with Gasteiger partial charge in [-0.05, 0) is 24.6 Å². The number of carbonyl (C=O) groups excluding carboxylic acids is 1. The molecule has 25 heavy (non-hydrogen) atoms. The van der Waals surface area contributed by atoms with Crippen LogP contribution < -0.4 is 21.9 Å². The first-order chi connectivity index (χ1) is 11.9. The van der Waals surface area contributed by atoms with Crippen molar-refractivity contribution in [1.29, 1.82) is 0 Å². The third-order valence-electron chi connectivity index (χ3n) is 3.16. The number of rotatable bonds is 6. The van der Waals surface area contributed by atoms with Gasteiger partial charge in [-0.2, -0.15) is 4.98 Å². The fraction of sp³-hybridized carbons (Fsp3) is 0.267. The van der Waals surface area contributed by atoms with E-state index in [1.807, 2.05) is 6.07 Å². The Morgan fingerprint density at radius 1 is 1.44 bits per heavy atom. The van der Waals surface area contributed by atoms with E-state index < -0.39 is 16.9 Å². The number of ether oxygens (including phenoxy) is 1. The van der Waals surface area contributed by atoms with Gasteiger partial charge in [0.15, 0.2) is 5.82 Å². The summed E-state index contributed by atoms with van der Waals surface area (Å²) in [4.78, 5) is 19.4. The minimum absolute atomic E-state index is 0.139. The maximum absolute atomic E-state index is 11.6. The lowest BCUT2D eigenvalue weighted by atomic mass is 10.2. The van der Waals surface area contributed by atoms with Crippen LogP contribution >= 0.6 is 0 Å². The number of nitrogens with one attached hydrogen (secondary N) is 1. The highest BCUT2D eigenvalue weighted by atomic mass is 32.2. The van der Waals surface area contributed by atoms with Gasteiger partial charge in [-0.1, -0.05) is 12.1 Å². The molecule has 134 valence electrons. The monoisotopic (exact) mass is 364 g/mol. The zero-order valence-corrected chi connectivity index (χ0v) is 14.7. The minimum Gasteiger partial charge on any atom is -0.450 e. The summed E-state index contributed by atoms with van der Waals surface area (Å²) in [5.41, 5.74) is 7.55. The van der Waals surface area contributed by atoms with Crippen LogP contribution in [0.3, 0.4) is 0 Å². The van der Waals surface area contributed by atoms with Crippen molar-refractivity contribution in [3.05, 3.63) is 36.0 Å². The molecule has 0 spiro atoms. The molecule has 1 aromatic carbocycles. The standard InChI is InChI=1S/C15H20N6O3S/c1-3-24-15(22)19-8-10-5-4-6-11(7-10)21(17)13-12(16)9-18-14(20-13)25(2)23/h4-7,9H,3,8,16-17H2,1-2H3,(H,19,22). The highest BCUT2D eigenvalue weighted by molar-refractivity contribution is 7.84. The van der Waals surface area contributed by atoms with Gasteiger partial charge in [-0.15, -0.1) is 0 Å². The van der Waals surface area contributed by atoms with Crippen molar-refractivity contribution in [3.8, 4) is 0 Å². The number of benzene rings is 1. The Morgan fingerprint density at radius 3 is 2.88 bits per heavy atom. The van der Waals surface area contributed by atoms with Crippen molar-refractivity contribution >= 4 is 34.1 Å². The first kappa shape index (κ1) is 18.6. The van der Waals surface area contributed by atoms with Gasteiger partial charge in [0, 0.05) is 12.8 Å². The van der Waals surface area contributed by atoms with Crippen molar-refractivity contribution in [2.45, 2.75) is 18.6 Å². The van der Waals surface area contributed by atoms with Crippen LogP contribution in [0.25, 0.3) is 0 Å². The minimum atomic E-state index is -1.36. The second kappa shape index (κ2) is 8.40.